The quantitative estimate of drug-likeness (QED) is 0.917. The van der Waals surface area contributed by atoms with Gasteiger partial charge in [0.15, 0.2) is 0 Å². The van der Waals surface area contributed by atoms with Gasteiger partial charge in [-0.1, -0.05) is 37.5 Å². The predicted octanol–water partition coefficient (Wildman–Crippen LogP) is 2.65. The summed E-state index contributed by atoms with van der Waals surface area (Å²) in [6.07, 6.45) is 6.58. The van der Waals surface area contributed by atoms with Gasteiger partial charge in [0.2, 0.25) is 11.8 Å². The van der Waals surface area contributed by atoms with Crippen LogP contribution in [0.2, 0.25) is 0 Å². The topological polar surface area (TPSA) is 66.6 Å². The number of hydrogen-bond acceptors (Lipinski definition) is 3. The van der Waals surface area contributed by atoms with Crippen LogP contribution >= 0.6 is 0 Å². The van der Waals surface area contributed by atoms with E-state index in [0.717, 1.165) is 37.2 Å². The van der Waals surface area contributed by atoms with E-state index in [1.165, 1.54) is 19.3 Å². The molecule has 0 aliphatic carbocycles. The van der Waals surface area contributed by atoms with Gasteiger partial charge in [-0.2, -0.15) is 0 Å². The smallest absolute Gasteiger partial charge is 0.242 e. The van der Waals surface area contributed by atoms with E-state index in [-0.39, 0.29) is 23.8 Å². The van der Waals surface area contributed by atoms with Crippen molar-refractivity contribution in [1.82, 2.24) is 4.90 Å². The summed E-state index contributed by atoms with van der Waals surface area (Å²) in [5, 5.41) is 0. The summed E-state index contributed by atoms with van der Waals surface area (Å²) in [4.78, 5) is 28.9. The van der Waals surface area contributed by atoms with Crippen LogP contribution in [0.4, 0.5) is 5.69 Å². The Labute approximate surface area is 150 Å². The second-order valence-corrected chi connectivity index (χ2v) is 7.37. The maximum Gasteiger partial charge on any atom is 0.242 e. The Bertz CT molecular complexity index is 623. The van der Waals surface area contributed by atoms with Crippen molar-refractivity contribution < 1.29 is 9.59 Å². The maximum atomic E-state index is 12.9. The Balaban J connectivity index is 1.77. The molecule has 3 rings (SSSR count). The van der Waals surface area contributed by atoms with E-state index in [4.69, 9.17) is 5.73 Å². The van der Waals surface area contributed by atoms with E-state index in [1.54, 1.807) is 0 Å². The number of carbonyl (C=O) groups excluding carboxylic acids is 2. The first-order valence-corrected chi connectivity index (χ1v) is 9.50. The van der Waals surface area contributed by atoms with E-state index >= 15 is 0 Å². The van der Waals surface area contributed by atoms with Gasteiger partial charge in [-0.15, -0.1) is 0 Å². The molecule has 2 unspecified atom stereocenters. The Hall–Kier alpha value is -2.04. The molecular formula is C20H29N3O2. The van der Waals surface area contributed by atoms with E-state index in [2.05, 4.69) is 11.8 Å². The van der Waals surface area contributed by atoms with Crippen LogP contribution < -0.4 is 10.6 Å². The van der Waals surface area contributed by atoms with Gasteiger partial charge >= 0.3 is 0 Å². The number of benzene rings is 1. The van der Waals surface area contributed by atoms with Crippen molar-refractivity contribution in [3.8, 4) is 0 Å². The molecule has 136 valence electrons. The number of amides is 2. The summed E-state index contributed by atoms with van der Waals surface area (Å²) in [6, 6.07) is 7.98. The first kappa shape index (κ1) is 17.8. The molecule has 0 radical (unpaired) electrons. The summed E-state index contributed by atoms with van der Waals surface area (Å²) in [5.74, 6) is -0.352. The molecule has 25 heavy (non-hydrogen) atoms. The Morgan fingerprint density at radius 3 is 2.40 bits per heavy atom. The molecule has 1 fully saturated rings. The first-order valence-electron chi connectivity index (χ1n) is 9.50. The van der Waals surface area contributed by atoms with Gasteiger partial charge in [0.25, 0.3) is 0 Å². The van der Waals surface area contributed by atoms with Crippen LogP contribution in [0, 0.1) is 0 Å². The fourth-order valence-corrected chi connectivity index (χ4v) is 4.13. The largest absolute Gasteiger partial charge is 0.369 e. The second-order valence-electron chi connectivity index (χ2n) is 7.37. The van der Waals surface area contributed by atoms with Crippen molar-refractivity contribution in [2.45, 2.75) is 57.4 Å². The molecule has 5 heteroatoms. The minimum atomic E-state index is -0.283. The molecular weight excluding hydrogens is 314 g/mol. The van der Waals surface area contributed by atoms with E-state index < -0.39 is 0 Å². The summed E-state index contributed by atoms with van der Waals surface area (Å²) >= 11 is 0. The van der Waals surface area contributed by atoms with Crippen molar-refractivity contribution in [2.75, 3.05) is 24.5 Å². The van der Waals surface area contributed by atoms with Crippen molar-refractivity contribution in [1.29, 1.82) is 0 Å². The number of fused-ring (bicyclic) bond motifs is 1. The van der Waals surface area contributed by atoms with E-state index in [9.17, 15) is 9.59 Å². The number of nitrogens with two attached hydrogens (primary N) is 1. The Kier molecular flexibility index (Phi) is 5.61. The van der Waals surface area contributed by atoms with Gasteiger partial charge in [0, 0.05) is 24.8 Å². The number of hydrogen-bond donors (Lipinski definition) is 1. The Morgan fingerprint density at radius 1 is 1.08 bits per heavy atom. The van der Waals surface area contributed by atoms with Crippen LogP contribution in [-0.2, 0) is 9.59 Å². The van der Waals surface area contributed by atoms with Crippen molar-refractivity contribution in [2.24, 2.45) is 5.73 Å². The van der Waals surface area contributed by atoms with Crippen LogP contribution in [-0.4, -0.2) is 42.4 Å². The highest BCUT2D eigenvalue weighted by atomic mass is 16.2. The normalized spacial score (nSPS) is 24.2. The van der Waals surface area contributed by atoms with E-state index in [1.807, 2.05) is 29.2 Å². The maximum absolute atomic E-state index is 12.9. The first-order chi connectivity index (χ1) is 12.1. The molecule has 0 bridgehead atoms. The zero-order valence-corrected chi connectivity index (χ0v) is 15.1. The standard InChI is InChI=1S/C20H29N3O2/c1-15-13-17(20(21)25)16-9-5-6-10-18(16)23(15)14-19(24)22-11-7-3-2-4-8-12-22/h5-6,9-10,15,17H,2-4,7-8,11-14H2,1H3,(H2,21,25). The Morgan fingerprint density at radius 2 is 1.72 bits per heavy atom. The molecule has 2 heterocycles. The number of rotatable bonds is 3. The van der Waals surface area contributed by atoms with Gasteiger partial charge in [0.1, 0.15) is 0 Å². The fourth-order valence-electron chi connectivity index (χ4n) is 4.13. The highest BCUT2D eigenvalue weighted by Gasteiger charge is 2.34. The molecule has 0 aromatic heterocycles. The van der Waals surface area contributed by atoms with Crippen molar-refractivity contribution in [3.05, 3.63) is 29.8 Å². The number of para-hydroxylation sites is 1. The van der Waals surface area contributed by atoms with Gasteiger partial charge in [0.05, 0.1) is 12.5 Å². The van der Waals surface area contributed by atoms with Gasteiger partial charge in [-0.25, -0.2) is 0 Å². The highest BCUT2D eigenvalue weighted by molar-refractivity contribution is 5.87. The molecule has 2 aliphatic heterocycles. The highest BCUT2D eigenvalue weighted by Crippen LogP contribution is 2.38. The second kappa shape index (κ2) is 7.89. The van der Waals surface area contributed by atoms with Crippen LogP contribution in [0.1, 0.15) is 56.9 Å². The number of nitrogens with zero attached hydrogens (tertiary/aromatic N) is 2. The number of primary amides is 1. The molecule has 2 amide bonds. The lowest BCUT2D eigenvalue weighted by atomic mass is 9.85. The molecule has 1 aromatic carbocycles. The SMILES string of the molecule is CC1CC(C(N)=O)c2ccccc2N1CC(=O)N1CCCCCCC1. The minimum Gasteiger partial charge on any atom is -0.369 e. The van der Waals surface area contributed by atoms with E-state index in [0.29, 0.717) is 13.0 Å². The van der Waals surface area contributed by atoms with Crippen LogP contribution in [0.15, 0.2) is 24.3 Å². The van der Waals surface area contributed by atoms with Crippen molar-refractivity contribution >= 4 is 17.5 Å². The lowest BCUT2D eigenvalue weighted by Gasteiger charge is -2.40. The minimum absolute atomic E-state index is 0.117. The van der Waals surface area contributed by atoms with Gasteiger partial charge in [-0.3, -0.25) is 9.59 Å². The third-order valence-corrected chi connectivity index (χ3v) is 5.59. The zero-order valence-electron chi connectivity index (χ0n) is 15.1. The van der Waals surface area contributed by atoms with Crippen LogP contribution in [0.25, 0.3) is 0 Å². The third-order valence-electron chi connectivity index (χ3n) is 5.59. The lowest BCUT2D eigenvalue weighted by Crippen LogP contribution is -2.48. The van der Waals surface area contributed by atoms with Gasteiger partial charge < -0.3 is 15.5 Å². The predicted molar refractivity (Wildman–Crippen MR) is 99.5 cm³/mol. The van der Waals surface area contributed by atoms with Crippen LogP contribution in [0.3, 0.4) is 0 Å². The molecule has 0 spiro atoms. The third kappa shape index (κ3) is 3.97. The van der Waals surface area contributed by atoms with Crippen molar-refractivity contribution in [3.63, 3.8) is 0 Å². The molecule has 5 nitrogen and oxygen atoms in total. The fraction of sp³-hybridized carbons (Fsp3) is 0.600. The number of anilines is 1. The summed E-state index contributed by atoms with van der Waals surface area (Å²) in [5.41, 5.74) is 7.54. The lowest BCUT2D eigenvalue weighted by molar-refractivity contribution is -0.130. The number of likely N-dealkylation sites (tertiary alicyclic amines) is 1. The average Bonchev–Trinajstić information content (AvgIpc) is 2.56. The summed E-state index contributed by atoms with van der Waals surface area (Å²) in [6.45, 7) is 4.19. The molecule has 2 aliphatic rings. The monoisotopic (exact) mass is 343 g/mol. The molecule has 2 atom stereocenters. The zero-order chi connectivity index (χ0) is 17.8. The average molecular weight is 343 g/mol. The van der Waals surface area contributed by atoms with Gasteiger partial charge in [-0.05, 0) is 37.8 Å². The molecule has 2 N–H and O–H groups in total. The summed E-state index contributed by atoms with van der Waals surface area (Å²) in [7, 11) is 0. The van der Waals surface area contributed by atoms with Crippen LogP contribution in [0.5, 0.6) is 0 Å². The summed E-state index contributed by atoms with van der Waals surface area (Å²) < 4.78 is 0. The number of carbonyl (C=O) groups is 2. The molecule has 0 saturated carbocycles. The molecule has 1 aromatic rings. The molecule has 1 saturated heterocycles.